The number of amides is 2. The first-order valence-electron chi connectivity index (χ1n) is 14.6. The lowest BCUT2D eigenvalue weighted by atomic mass is 10.1. The first kappa shape index (κ1) is 29.4. The van der Waals surface area contributed by atoms with Crippen molar-refractivity contribution in [2.24, 2.45) is 0 Å². The molecule has 6 rings (SSSR count). The number of rotatable bonds is 6. The molecule has 2 aromatic heterocycles. The fraction of sp³-hybridized carbons (Fsp3) is 0.200. The van der Waals surface area contributed by atoms with Crippen LogP contribution < -0.4 is 15.4 Å². The van der Waals surface area contributed by atoms with Crippen LogP contribution >= 0.6 is 0 Å². The SMILES string of the molecule is Cc1cc(-n2ncc(C(=O)c3cc4cc(C)c(N5C(=O)C#CCCCCCC5=O)cc4[nH]3)c2N)ccc1Oc1ccccc1F. The number of nitrogen functional groups attached to an aromatic ring is 1. The smallest absolute Gasteiger partial charge is 0.309 e. The van der Waals surface area contributed by atoms with Gasteiger partial charge in [0, 0.05) is 23.7 Å². The summed E-state index contributed by atoms with van der Waals surface area (Å²) in [5, 5.41) is 5.09. The molecular formula is C35H30FN5O4. The van der Waals surface area contributed by atoms with Gasteiger partial charge in [0.1, 0.15) is 11.6 Å². The standard InChI is InChI=1S/C35H30FN5O4/c1-21-16-23-18-28(39-27(23)19-29(21)40-32(42)12-6-4-3-5-7-13-33(40)43)34(44)25-20-38-41(35(25)37)24-14-15-30(22(2)17-24)45-31-11-9-8-10-26(31)36/h8-11,14-20,39H,3-6,12,37H2,1-2H3. The Morgan fingerprint density at radius 2 is 1.82 bits per heavy atom. The zero-order chi connectivity index (χ0) is 31.7. The molecule has 0 aliphatic carbocycles. The second-order valence-electron chi connectivity index (χ2n) is 11.0. The average molecular weight is 604 g/mol. The number of imide groups is 1. The van der Waals surface area contributed by atoms with Gasteiger partial charge in [0.25, 0.3) is 0 Å². The van der Waals surface area contributed by atoms with Crippen LogP contribution in [0.5, 0.6) is 11.5 Å². The van der Waals surface area contributed by atoms with Crippen molar-refractivity contribution in [3.05, 3.63) is 95.1 Å². The number of carbonyl (C=O) groups excluding carboxylic acids is 3. The Balaban J connectivity index is 1.28. The number of halogens is 1. The van der Waals surface area contributed by atoms with Crippen molar-refractivity contribution in [2.75, 3.05) is 10.6 Å². The van der Waals surface area contributed by atoms with Crippen molar-refractivity contribution < 1.29 is 23.5 Å². The highest BCUT2D eigenvalue weighted by molar-refractivity contribution is 6.22. The lowest BCUT2D eigenvalue weighted by Gasteiger charge is -2.21. The lowest BCUT2D eigenvalue weighted by molar-refractivity contribution is -0.124. The number of aromatic amines is 1. The van der Waals surface area contributed by atoms with Crippen molar-refractivity contribution in [1.82, 2.24) is 14.8 Å². The van der Waals surface area contributed by atoms with Crippen molar-refractivity contribution in [1.29, 1.82) is 0 Å². The number of aromatic nitrogens is 3. The van der Waals surface area contributed by atoms with Crippen LogP contribution in [0.1, 0.15) is 59.3 Å². The van der Waals surface area contributed by atoms with Gasteiger partial charge in [0.2, 0.25) is 11.7 Å². The highest BCUT2D eigenvalue weighted by atomic mass is 19.1. The van der Waals surface area contributed by atoms with Crippen molar-refractivity contribution >= 4 is 40.0 Å². The van der Waals surface area contributed by atoms with Crippen LogP contribution in [-0.2, 0) is 9.59 Å². The number of para-hydroxylation sites is 1. The number of nitrogens with one attached hydrogen (secondary N) is 1. The third kappa shape index (κ3) is 5.80. The zero-order valence-electron chi connectivity index (χ0n) is 24.8. The van der Waals surface area contributed by atoms with E-state index >= 15 is 0 Å². The summed E-state index contributed by atoms with van der Waals surface area (Å²) in [6.07, 6.45) is 4.69. The molecule has 0 unspecified atom stereocenters. The van der Waals surface area contributed by atoms with Gasteiger partial charge >= 0.3 is 5.91 Å². The van der Waals surface area contributed by atoms with Gasteiger partial charge < -0.3 is 15.5 Å². The maximum atomic E-state index is 14.1. The molecule has 0 saturated heterocycles. The highest BCUT2D eigenvalue weighted by Gasteiger charge is 2.26. The molecule has 0 bridgehead atoms. The van der Waals surface area contributed by atoms with E-state index in [0.717, 1.165) is 28.7 Å². The molecule has 0 atom stereocenters. The number of ketones is 1. The number of hydrogen-bond acceptors (Lipinski definition) is 6. The third-order valence-corrected chi connectivity index (χ3v) is 7.77. The number of hydrogen-bond donors (Lipinski definition) is 2. The summed E-state index contributed by atoms with van der Waals surface area (Å²) in [4.78, 5) is 43.9. The molecule has 0 spiro atoms. The molecule has 3 aromatic carbocycles. The molecule has 0 fully saturated rings. The molecule has 0 saturated carbocycles. The van der Waals surface area contributed by atoms with Gasteiger partial charge in [-0.3, -0.25) is 14.4 Å². The number of carbonyl (C=O) groups is 3. The number of anilines is 2. The van der Waals surface area contributed by atoms with Gasteiger partial charge in [-0.15, -0.1) is 0 Å². The Hall–Kier alpha value is -5.69. The Labute approximate surface area is 258 Å². The number of fused-ring (bicyclic) bond motifs is 1. The number of nitrogens with zero attached hydrogens (tertiary/aromatic N) is 3. The van der Waals surface area contributed by atoms with Crippen LogP contribution in [0, 0.1) is 31.5 Å². The van der Waals surface area contributed by atoms with Crippen LogP contribution in [0.4, 0.5) is 15.9 Å². The second-order valence-corrected chi connectivity index (χ2v) is 11.0. The number of aryl methyl sites for hydroxylation is 2. The van der Waals surface area contributed by atoms with Crippen LogP contribution in [0.25, 0.3) is 16.6 Å². The fourth-order valence-electron chi connectivity index (χ4n) is 5.39. The summed E-state index contributed by atoms with van der Waals surface area (Å²) in [6.45, 7) is 3.63. The van der Waals surface area contributed by atoms with E-state index in [0.29, 0.717) is 41.0 Å². The molecule has 2 amide bonds. The molecule has 1 aliphatic rings. The molecule has 10 heteroatoms. The maximum Gasteiger partial charge on any atom is 0.309 e. The van der Waals surface area contributed by atoms with Gasteiger partial charge in [0.05, 0.1) is 28.8 Å². The molecular weight excluding hydrogens is 573 g/mol. The number of ether oxygens (including phenoxy) is 1. The Morgan fingerprint density at radius 1 is 1.00 bits per heavy atom. The summed E-state index contributed by atoms with van der Waals surface area (Å²) >= 11 is 0. The van der Waals surface area contributed by atoms with E-state index in [2.05, 4.69) is 21.9 Å². The second kappa shape index (κ2) is 12.1. The summed E-state index contributed by atoms with van der Waals surface area (Å²) < 4.78 is 21.3. The van der Waals surface area contributed by atoms with E-state index in [-0.39, 0.29) is 40.9 Å². The van der Waals surface area contributed by atoms with Gasteiger partial charge in [-0.1, -0.05) is 24.5 Å². The van der Waals surface area contributed by atoms with Crippen LogP contribution in [0.3, 0.4) is 0 Å². The predicted octanol–water partition coefficient (Wildman–Crippen LogP) is 6.54. The minimum Gasteiger partial charge on any atom is -0.454 e. The predicted molar refractivity (Wildman–Crippen MR) is 169 cm³/mol. The Morgan fingerprint density at radius 3 is 2.62 bits per heavy atom. The van der Waals surface area contributed by atoms with Crippen LogP contribution in [0.2, 0.25) is 0 Å². The molecule has 45 heavy (non-hydrogen) atoms. The van der Waals surface area contributed by atoms with Gasteiger partial charge in [-0.05, 0) is 92.3 Å². The molecule has 1 aliphatic heterocycles. The monoisotopic (exact) mass is 603 g/mol. The van der Waals surface area contributed by atoms with E-state index in [1.54, 1.807) is 48.5 Å². The highest BCUT2D eigenvalue weighted by Crippen LogP contribution is 2.32. The van der Waals surface area contributed by atoms with Gasteiger partial charge in [0.15, 0.2) is 11.6 Å². The molecule has 226 valence electrons. The van der Waals surface area contributed by atoms with Crippen LogP contribution in [-0.4, -0.2) is 32.4 Å². The summed E-state index contributed by atoms with van der Waals surface area (Å²) in [6, 6.07) is 16.6. The third-order valence-electron chi connectivity index (χ3n) is 7.77. The van der Waals surface area contributed by atoms with Gasteiger partial charge in [-0.2, -0.15) is 5.10 Å². The fourth-order valence-corrected chi connectivity index (χ4v) is 5.39. The molecule has 3 N–H and O–H groups in total. The zero-order valence-corrected chi connectivity index (χ0v) is 24.8. The van der Waals surface area contributed by atoms with Gasteiger partial charge in [-0.25, -0.2) is 14.0 Å². The number of nitrogens with two attached hydrogens (primary N) is 1. The summed E-state index contributed by atoms with van der Waals surface area (Å²) in [5.41, 5.74) is 9.91. The van der Waals surface area contributed by atoms with Crippen LogP contribution in [0.15, 0.2) is 66.9 Å². The summed E-state index contributed by atoms with van der Waals surface area (Å²) in [5.74, 6) is 4.48. The quantitative estimate of drug-likeness (QED) is 0.129. The minimum absolute atomic E-state index is 0.111. The normalized spacial score (nSPS) is 13.9. The van der Waals surface area contributed by atoms with E-state index in [1.807, 2.05) is 19.9 Å². The van der Waals surface area contributed by atoms with Crippen molar-refractivity contribution in [3.8, 4) is 29.0 Å². The Kier molecular flexibility index (Phi) is 7.92. The number of benzene rings is 3. The first-order chi connectivity index (χ1) is 21.7. The molecule has 9 nitrogen and oxygen atoms in total. The molecule has 0 radical (unpaired) electrons. The van der Waals surface area contributed by atoms with E-state index in [1.165, 1.54) is 16.9 Å². The van der Waals surface area contributed by atoms with E-state index in [9.17, 15) is 18.8 Å². The van der Waals surface area contributed by atoms with Crippen molar-refractivity contribution in [3.63, 3.8) is 0 Å². The topological polar surface area (TPSA) is 123 Å². The average Bonchev–Trinajstić information content (AvgIpc) is 3.61. The maximum absolute atomic E-state index is 14.1. The number of H-pyrrole nitrogens is 1. The first-order valence-corrected chi connectivity index (χ1v) is 14.6. The van der Waals surface area contributed by atoms with E-state index < -0.39 is 11.7 Å². The lowest BCUT2D eigenvalue weighted by Crippen LogP contribution is -2.36. The van der Waals surface area contributed by atoms with Crippen molar-refractivity contribution in [2.45, 2.75) is 46.0 Å². The minimum atomic E-state index is -0.561. The summed E-state index contributed by atoms with van der Waals surface area (Å²) in [7, 11) is 0. The largest absolute Gasteiger partial charge is 0.454 e. The molecule has 3 heterocycles. The Bertz CT molecular complexity index is 2050. The van der Waals surface area contributed by atoms with E-state index in [4.69, 9.17) is 10.5 Å². The molecule has 5 aromatic rings.